The summed E-state index contributed by atoms with van der Waals surface area (Å²) in [5, 5.41) is 3.43. The van der Waals surface area contributed by atoms with Crippen molar-refractivity contribution in [2.75, 3.05) is 26.2 Å². The van der Waals surface area contributed by atoms with Gasteiger partial charge in [0.25, 0.3) is 10.2 Å². The molecule has 2 N–H and O–H groups in total. The molecule has 1 aliphatic heterocycles. The summed E-state index contributed by atoms with van der Waals surface area (Å²) in [4.78, 5) is 0. The quantitative estimate of drug-likeness (QED) is 0.639. The lowest BCUT2D eigenvalue weighted by atomic mass is 9.98. The van der Waals surface area contributed by atoms with E-state index in [1.165, 1.54) is 0 Å². The fraction of sp³-hybridized carbons (Fsp3) is 1.00. The summed E-state index contributed by atoms with van der Waals surface area (Å²) in [6, 6.07) is -0.000977. The first-order valence-corrected chi connectivity index (χ1v) is 9.77. The number of hydrogen-bond donors (Lipinski definition) is 2. The Morgan fingerprint density at radius 1 is 1.19 bits per heavy atom. The van der Waals surface area contributed by atoms with Crippen LogP contribution < -0.4 is 10.0 Å². The van der Waals surface area contributed by atoms with Crippen LogP contribution in [0.25, 0.3) is 0 Å². The van der Waals surface area contributed by atoms with Crippen molar-refractivity contribution in [1.29, 1.82) is 0 Å². The molecule has 6 heteroatoms. The third-order valence-electron chi connectivity index (χ3n) is 3.95. The molecule has 0 amide bonds. The molecule has 0 aliphatic carbocycles. The highest BCUT2D eigenvalue weighted by Crippen LogP contribution is 2.19. The van der Waals surface area contributed by atoms with E-state index in [2.05, 4.69) is 30.8 Å². The third kappa shape index (κ3) is 7.08. The lowest BCUT2D eigenvalue weighted by Gasteiger charge is -2.32. The Morgan fingerprint density at radius 2 is 1.81 bits per heavy atom. The number of nitrogens with zero attached hydrogens (tertiary/aromatic N) is 1. The van der Waals surface area contributed by atoms with Crippen molar-refractivity contribution in [2.24, 2.45) is 11.8 Å². The van der Waals surface area contributed by atoms with E-state index >= 15 is 0 Å². The average Bonchev–Trinajstić information content (AvgIpc) is 2.38. The summed E-state index contributed by atoms with van der Waals surface area (Å²) < 4.78 is 29.1. The Bertz CT molecular complexity index is 376. The smallest absolute Gasteiger partial charge is 0.279 e. The molecule has 0 aromatic carbocycles. The summed E-state index contributed by atoms with van der Waals surface area (Å²) in [5.41, 5.74) is 0. The fourth-order valence-electron chi connectivity index (χ4n) is 2.92. The number of nitrogens with one attached hydrogen (secondary N) is 2. The summed E-state index contributed by atoms with van der Waals surface area (Å²) >= 11 is 0. The van der Waals surface area contributed by atoms with Crippen LogP contribution in [0.15, 0.2) is 0 Å². The Balaban J connectivity index is 2.38. The molecule has 1 rings (SSSR count). The lowest BCUT2D eigenvalue weighted by Crippen LogP contribution is -2.48. The van der Waals surface area contributed by atoms with Crippen molar-refractivity contribution in [3.8, 4) is 0 Å². The van der Waals surface area contributed by atoms with E-state index in [1.54, 1.807) is 4.31 Å². The first-order chi connectivity index (χ1) is 9.85. The largest absolute Gasteiger partial charge is 0.316 e. The molecule has 0 radical (unpaired) electrons. The summed E-state index contributed by atoms with van der Waals surface area (Å²) in [6.45, 7) is 11.7. The molecule has 1 aliphatic rings. The van der Waals surface area contributed by atoms with Gasteiger partial charge in [-0.1, -0.05) is 20.8 Å². The Kier molecular flexibility index (Phi) is 8.16. The summed E-state index contributed by atoms with van der Waals surface area (Å²) in [6.07, 6.45) is 3.92. The summed E-state index contributed by atoms with van der Waals surface area (Å²) in [7, 11) is -3.31. The normalized spacial score (nSPS) is 20.0. The number of hydrogen-bond acceptors (Lipinski definition) is 3. The predicted molar refractivity (Wildman–Crippen MR) is 88.4 cm³/mol. The van der Waals surface area contributed by atoms with Gasteiger partial charge in [0.15, 0.2) is 0 Å². The second-order valence-electron chi connectivity index (χ2n) is 6.70. The van der Waals surface area contributed by atoms with Crippen LogP contribution in [0.4, 0.5) is 0 Å². The Labute approximate surface area is 131 Å². The van der Waals surface area contributed by atoms with Gasteiger partial charge in [-0.2, -0.15) is 17.4 Å². The van der Waals surface area contributed by atoms with E-state index < -0.39 is 10.2 Å². The molecule has 0 aromatic rings. The van der Waals surface area contributed by atoms with Gasteiger partial charge in [0.1, 0.15) is 0 Å². The van der Waals surface area contributed by atoms with Crippen molar-refractivity contribution >= 4 is 10.2 Å². The van der Waals surface area contributed by atoms with Crippen LogP contribution in [0, 0.1) is 11.8 Å². The lowest BCUT2D eigenvalue weighted by molar-refractivity contribution is 0.263. The van der Waals surface area contributed by atoms with E-state index in [4.69, 9.17) is 0 Å². The number of rotatable bonds is 9. The molecule has 21 heavy (non-hydrogen) atoms. The maximum atomic E-state index is 12.3. The van der Waals surface area contributed by atoms with Crippen molar-refractivity contribution in [2.45, 2.75) is 59.4 Å². The maximum absolute atomic E-state index is 12.3. The standard InChI is InChI=1S/C15H33N3O2S/c1-5-8-16-12-15-6-9-18(10-7-15)21(19,20)17-14(4)11-13(2)3/h13-17H,5-12H2,1-4H3. The summed E-state index contributed by atoms with van der Waals surface area (Å²) in [5.74, 6) is 1.11. The molecular formula is C15H33N3O2S. The molecule has 1 heterocycles. The van der Waals surface area contributed by atoms with Gasteiger partial charge in [0.2, 0.25) is 0 Å². The molecule has 0 bridgehead atoms. The highest BCUT2D eigenvalue weighted by atomic mass is 32.2. The molecule has 0 saturated carbocycles. The van der Waals surface area contributed by atoms with Crippen molar-refractivity contribution in [3.63, 3.8) is 0 Å². The molecule has 126 valence electrons. The third-order valence-corrected chi connectivity index (χ3v) is 5.69. The molecule has 1 saturated heterocycles. The Hall–Kier alpha value is -0.170. The topological polar surface area (TPSA) is 61.4 Å². The molecule has 5 nitrogen and oxygen atoms in total. The highest BCUT2D eigenvalue weighted by Gasteiger charge is 2.28. The molecule has 1 atom stereocenters. The van der Waals surface area contributed by atoms with E-state index in [0.29, 0.717) is 24.9 Å². The van der Waals surface area contributed by atoms with Gasteiger partial charge < -0.3 is 5.32 Å². The minimum Gasteiger partial charge on any atom is -0.316 e. The highest BCUT2D eigenvalue weighted by molar-refractivity contribution is 7.87. The zero-order valence-electron chi connectivity index (χ0n) is 14.1. The first kappa shape index (κ1) is 18.9. The molecule has 1 unspecified atom stereocenters. The van der Waals surface area contributed by atoms with Crippen LogP contribution in [0.1, 0.15) is 53.4 Å². The predicted octanol–water partition coefficient (Wildman–Crippen LogP) is 1.97. The monoisotopic (exact) mass is 319 g/mol. The van der Waals surface area contributed by atoms with E-state index in [-0.39, 0.29) is 6.04 Å². The van der Waals surface area contributed by atoms with Gasteiger partial charge in [0.05, 0.1) is 0 Å². The van der Waals surface area contributed by atoms with Gasteiger partial charge in [-0.15, -0.1) is 0 Å². The Morgan fingerprint density at radius 3 is 2.33 bits per heavy atom. The minimum absolute atomic E-state index is 0.000977. The maximum Gasteiger partial charge on any atom is 0.279 e. The molecule has 0 spiro atoms. The number of piperidine rings is 1. The second-order valence-corrected chi connectivity index (χ2v) is 8.40. The molecular weight excluding hydrogens is 286 g/mol. The van der Waals surface area contributed by atoms with Gasteiger partial charge in [-0.25, -0.2) is 0 Å². The zero-order valence-corrected chi connectivity index (χ0v) is 14.9. The van der Waals surface area contributed by atoms with Crippen molar-refractivity contribution < 1.29 is 8.42 Å². The van der Waals surface area contributed by atoms with Gasteiger partial charge in [-0.3, -0.25) is 0 Å². The first-order valence-electron chi connectivity index (χ1n) is 8.33. The molecule has 0 aromatic heterocycles. The van der Waals surface area contributed by atoms with Crippen LogP contribution in [0.3, 0.4) is 0 Å². The minimum atomic E-state index is -3.31. The van der Waals surface area contributed by atoms with Crippen molar-refractivity contribution in [3.05, 3.63) is 0 Å². The second kappa shape index (κ2) is 9.08. The zero-order chi connectivity index (χ0) is 15.9. The van der Waals surface area contributed by atoms with Crippen LogP contribution >= 0.6 is 0 Å². The average molecular weight is 320 g/mol. The van der Waals surface area contributed by atoms with E-state index in [0.717, 1.165) is 38.8 Å². The van der Waals surface area contributed by atoms with Crippen LogP contribution in [0.2, 0.25) is 0 Å². The van der Waals surface area contributed by atoms with E-state index in [9.17, 15) is 8.42 Å². The van der Waals surface area contributed by atoms with Crippen LogP contribution in [0.5, 0.6) is 0 Å². The van der Waals surface area contributed by atoms with Crippen molar-refractivity contribution in [1.82, 2.24) is 14.3 Å². The van der Waals surface area contributed by atoms with Gasteiger partial charge in [0, 0.05) is 19.1 Å². The van der Waals surface area contributed by atoms with Crippen LogP contribution in [-0.4, -0.2) is 44.9 Å². The SMILES string of the molecule is CCCNCC1CCN(S(=O)(=O)NC(C)CC(C)C)CC1. The van der Waals surface area contributed by atoms with Gasteiger partial charge in [-0.05, 0) is 57.5 Å². The van der Waals surface area contributed by atoms with Gasteiger partial charge >= 0.3 is 0 Å². The molecule has 1 fully saturated rings. The van der Waals surface area contributed by atoms with E-state index in [1.807, 2.05) is 6.92 Å². The van der Waals surface area contributed by atoms with Crippen LogP contribution in [-0.2, 0) is 10.2 Å². The fourth-order valence-corrected chi connectivity index (χ4v) is 4.37.